The van der Waals surface area contributed by atoms with E-state index in [1.807, 2.05) is 75.4 Å². The smallest absolute Gasteiger partial charge is 0.241 e. The first-order chi connectivity index (χ1) is 17.1. The standard InChI is InChI=1S/C30H37NO3S2/c1-6-8-22-30(7-2,25(5)35(32)27-18-14-23(3)15-19-27)29(26-12-10-9-11-13-26)31-36(33,34)28-20-16-24(4)17-21-28/h9-21,29,31H,5-8,22H2,1-4H3/t29-,30+,35?/m1/s1. The maximum Gasteiger partial charge on any atom is 0.241 e. The minimum atomic E-state index is -3.86. The van der Waals surface area contributed by atoms with Crippen molar-refractivity contribution in [1.82, 2.24) is 4.72 Å². The van der Waals surface area contributed by atoms with Crippen molar-refractivity contribution < 1.29 is 12.6 Å². The van der Waals surface area contributed by atoms with Crippen LogP contribution < -0.4 is 4.72 Å². The Morgan fingerprint density at radius 3 is 2.00 bits per heavy atom. The van der Waals surface area contributed by atoms with Crippen LogP contribution in [0.1, 0.15) is 62.3 Å². The molecule has 0 aliphatic heterocycles. The van der Waals surface area contributed by atoms with Gasteiger partial charge in [-0.25, -0.2) is 17.3 Å². The average Bonchev–Trinajstić information content (AvgIpc) is 2.89. The number of sulfonamides is 1. The van der Waals surface area contributed by atoms with E-state index in [1.54, 1.807) is 24.3 Å². The number of aryl methyl sites for hydroxylation is 2. The Kier molecular flexibility index (Phi) is 9.45. The van der Waals surface area contributed by atoms with Crippen LogP contribution >= 0.6 is 0 Å². The Morgan fingerprint density at radius 2 is 1.47 bits per heavy atom. The summed E-state index contributed by atoms with van der Waals surface area (Å²) in [6.07, 6.45) is 3.03. The molecule has 192 valence electrons. The highest BCUT2D eigenvalue weighted by molar-refractivity contribution is 7.89. The van der Waals surface area contributed by atoms with Crippen molar-refractivity contribution in [3.8, 4) is 0 Å². The van der Waals surface area contributed by atoms with Gasteiger partial charge in [-0.3, -0.25) is 0 Å². The number of rotatable bonds is 12. The van der Waals surface area contributed by atoms with E-state index >= 15 is 0 Å². The van der Waals surface area contributed by atoms with Gasteiger partial charge < -0.3 is 0 Å². The van der Waals surface area contributed by atoms with E-state index in [0.29, 0.717) is 22.6 Å². The van der Waals surface area contributed by atoms with Gasteiger partial charge in [-0.1, -0.05) is 99.0 Å². The second kappa shape index (κ2) is 12.1. The molecule has 0 saturated carbocycles. The van der Waals surface area contributed by atoms with Crippen molar-refractivity contribution in [3.63, 3.8) is 0 Å². The highest BCUT2D eigenvalue weighted by Crippen LogP contribution is 2.49. The summed E-state index contributed by atoms with van der Waals surface area (Å²) in [5, 5.41) is 0. The predicted molar refractivity (Wildman–Crippen MR) is 150 cm³/mol. The molecule has 3 aromatic carbocycles. The molecule has 0 spiro atoms. The van der Waals surface area contributed by atoms with E-state index in [2.05, 4.69) is 18.2 Å². The SMILES string of the molecule is C=C(S(=O)c1ccc(C)cc1)[C@](CC)(CCCC)[C@H](NS(=O)(=O)c1ccc(C)cc1)c1ccccc1. The molecule has 0 fully saturated rings. The van der Waals surface area contributed by atoms with Crippen LogP contribution in [0.3, 0.4) is 0 Å². The second-order valence-electron chi connectivity index (χ2n) is 9.40. The summed E-state index contributed by atoms with van der Waals surface area (Å²) in [5.41, 5.74) is 2.14. The van der Waals surface area contributed by atoms with Crippen LogP contribution in [-0.2, 0) is 20.8 Å². The van der Waals surface area contributed by atoms with Crippen molar-refractivity contribution in [2.45, 2.75) is 69.2 Å². The van der Waals surface area contributed by atoms with E-state index in [1.165, 1.54) is 0 Å². The van der Waals surface area contributed by atoms with Crippen LogP contribution in [0.15, 0.2) is 100 Å². The Hall–Kier alpha value is -2.54. The number of nitrogens with one attached hydrogen (secondary N) is 1. The van der Waals surface area contributed by atoms with Crippen LogP contribution in [-0.4, -0.2) is 12.6 Å². The van der Waals surface area contributed by atoms with E-state index in [4.69, 9.17) is 0 Å². The Labute approximate surface area is 219 Å². The fourth-order valence-electron chi connectivity index (χ4n) is 4.59. The van der Waals surface area contributed by atoms with Gasteiger partial charge in [0.2, 0.25) is 10.0 Å². The fourth-order valence-corrected chi connectivity index (χ4v) is 7.29. The molecule has 0 aromatic heterocycles. The molecule has 0 bridgehead atoms. The zero-order valence-electron chi connectivity index (χ0n) is 21.7. The molecular formula is C30H37NO3S2. The first-order valence-electron chi connectivity index (χ1n) is 12.5. The molecule has 0 radical (unpaired) electrons. The third-order valence-corrected chi connectivity index (χ3v) is 9.90. The quantitative estimate of drug-likeness (QED) is 0.272. The van der Waals surface area contributed by atoms with Gasteiger partial charge in [0.15, 0.2) is 0 Å². The maximum atomic E-state index is 13.9. The minimum Gasteiger partial charge on any atom is -0.249 e. The molecule has 3 atom stereocenters. The van der Waals surface area contributed by atoms with Crippen LogP contribution in [0.2, 0.25) is 0 Å². The van der Waals surface area contributed by atoms with Gasteiger partial charge in [-0.2, -0.15) is 0 Å². The van der Waals surface area contributed by atoms with Crippen molar-refractivity contribution in [1.29, 1.82) is 0 Å². The van der Waals surface area contributed by atoms with E-state index in [0.717, 1.165) is 29.5 Å². The molecule has 0 aliphatic rings. The lowest BCUT2D eigenvalue weighted by Gasteiger charge is -2.42. The monoisotopic (exact) mass is 523 g/mol. The third-order valence-electron chi connectivity index (χ3n) is 6.91. The topological polar surface area (TPSA) is 63.2 Å². The lowest BCUT2D eigenvalue weighted by atomic mass is 9.71. The largest absolute Gasteiger partial charge is 0.249 e. The molecule has 0 saturated heterocycles. The van der Waals surface area contributed by atoms with E-state index in [-0.39, 0.29) is 4.90 Å². The molecule has 0 amide bonds. The summed E-state index contributed by atoms with van der Waals surface area (Å²) in [5.74, 6) is 0. The molecule has 3 aromatic rings. The normalized spacial score (nSPS) is 15.1. The summed E-state index contributed by atoms with van der Waals surface area (Å²) in [7, 11) is -5.37. The van der Waals surface area contributed by atoms with Crippen molar-refractivity contribution >= 4 is 20.8 Å². The first-order valence-corrected chi connectivity index (χ1v) is 15.1. The summed E-state index contributed by atoms with van der Waals surface area (Å²) in [6.45, 7) is 12.4. The number of unbranched alkanes of at least 4 members (excludes halogenated alkanes) is 1. The van der Waals surface area contributed by atoms with Gasteiger partial charge in [-0.05, 0) is 56.5 Å². The zero-order chi connectivity index (χ0) is 26.3. The van der Waals surface area contributed by atoms with Gasteiger partial charge in [0.25, 0.3) is 0 Å². The number of benzene rings is 3. The lowest BCUT2D eigenvalue weighted by Crippen LogP contribution is -2.43. The molecule has 6 heteroatoms. The van der Waals surface area contributed by atoms with Crippen molar-refractivity contribution in [2.75, 3.05) is 0 Å². The molecule has 0 heterocycles. The van der Waals surface area contributed by atoms with Gasteiger partial charge in [0.1, 0.15) is 0 Å². The van der Waals surface area contributed by atoms with Gasteiger partial charge in [0, 0.05) is 15.2 Å². The van der Waals surface area contributed by atoms with Crippen LogP contribution in [0.25, 0.3) is 0 Å². The predicted octanol–water partition coefficient (Wildman–Crippen LogP) is 7.23. The van der Waals surface area contributed by atoms with Gasteiger partial charge >= 0.3 is 0 Å². The van der Waals surface area contributed by atoms with Gasteiger partial charge in [0.05, 0.1) is 21.7 Å². The van der Waals surface area contributed by atoms with Gasteiger partial charge in [-0.15, -0.1) is 0 Å². The average molecular weight is 524 g/mol. The minimum absolute atomic E-state index is 0.208. The molecule has 4 nitrogen and oxygen atoms in total. The summed E-state index contributed by atoms with van der Waals surface area (Å²) < 4.78 is 44.2. The molecule has 3 rings (SSSR count). The zero-order valence-corrected chi connectivity index (χ0v) is 23.3. The Bertz CT molecular complexity index is 1280. The highest BCUT2D eigenvalue weighted by Gasteiger charge is 2.44. The molecule has 1 N–H and O–H groups in total. The molecular weight excluding hydrogens is 486 g/mol. The first kappa shape index (κ1) is 28.0. The van der Waals surface area contributed by atoms with Crippen molar-refractivity contribution in [2.24, 2.45) is 5.41 Å². The molecule has 36 heavy (non-hydrogen) atoms. The molecule has 1 unspecified atom stereocenters. The Morgan fingerprint density at radius 1 is 0.917 bits per heavy atom. The number of hydrogen-bond acceptors (Lipinski definition) is 3. The summed E-state index contributed by atoms with van der Waals surface area (Å²) in [6, 6.07) is 23.4. The van der Waals surface area contributed by atoms with E-state index < -0.39 is 32.3 Å². The van der Waals surface area contributed by atoms with Crippen LogP contribution in [0.4, 0.5) is 0 Å². The third kappa shape index (κ3) is 6.23. The van der Waals surface area contributed by atoms with Crippen LogP contribution in [0.5, 0.6) is 0 Å². The fraction of sp³-hybridized carbons (Fsp3) is 0.333. The van der Waals surface area contributed by atoms with Crippen molar-refractivity contribution in [3.05, 3.63) is 107 Å². The maximum absolute atomic E-state index is 13.9. The Balaban J connectivity index is 2.15. The summed E-state index contributed by atoms with van der Waals surface area (Å²) in [4.78, 5) is 1.43. The number of hydrogen-bond donors (Lipinski definition) is 1. The highest BCUT2D eigenvalue weighted by atomic mass is 32.2. The summed E-state index contributed by atoms with van der Waals surface area (Å²) >= 11 is 0. The van der Waals surface area contributed by atoms with Crippen LogP contribution in [0, 0.1) is 19.3 Å². The lowest BCUT2D eigenvalue weighted by molar-refractivity contribution is 0.240. The van der Waals surface area contributed by atoms with E-state index in [9.17, 15) is 12.6 Å². The second-order valence-corrected chi connectivity index (χ2v) is 12.6. The molecule has 0 aliphatic carbocycles.